The molecule has 0 fully saturated rings. The molecule has 0 aliphatic heterocycles. The van der Waals surface area contributed by atoms with Crippen molar-refractivity contribution in [2.75, 3.05) is 0 Å². The van der Waals surface area contributed by atoms with Crippen molar-refractivity contribution >= 4 is 17.6 Å². The number of nitrogens with zero attached hydrogens (tertiary/aromatic N) is 1. The highest BCUT2D eigenvalue weighted by molar-refractivity contribution is 6.38. The van der Waals surface area contributed by atoms with Gasteiger partial charge in [-0.15, -0.1) is 0 Å². The summed E-state index contributed by atoms with van der Waals surface area (Å²) in [5.41, 5.74) is 6.25. The summed E-state index contributed by atoms with van der Waals surface area (Å²) in [4.78, 5) is 36.4. The molecular formula is C20H17N3O5. The molecule has 8 nitrogen and oxygen atoms in total. The number of nitrogens with two attached hydrogens (primary N) is 1. The average Bonchev–Trinajstić information content (AvgIpc) is 3.10. The molecular weight excluding hydrogens is 362 g/mol. The van der Waals surface area contributed by atoms with E-state index in [2.05, 4.69) is 10.5 Å². The van der Waals surface area contributed by atoms with Crippen LogP contribution >= 0.6 is 0 Å². The van der Waals surface area contributed by atoms with Gasteiger partial charge >= 0.3 is 5.95 Å². The first-order valence-electron chi connectivity index (χ1n) is 8.40. The second-order valence-corrected chi connectivity index (χ2v) is 6.02. The summed E-state index contributed by atoms with van der Waals surface area (Å²) in [5, 5.41) is 16.1. The summed E-state index contributed by atoms with van der Waals surface area (Å²) < 4.78 is 4.75. The van der Waals surface area contributed by atoms with E-state index in [4.69, 9.17) is 10.3 Å². The summed E-state index contributed by atoms with van der Waals surface area (Å²) in [6.45, 7) is 0. The molecule has 1 aromatic heterocycles. The molecule has 2 amide bonds. The maximum atomic E-state index is 12.8. The molecule has 0 bridgehead atoms. The fraction of sp³-hybridized carbons (Fsp3) is 0.100. The molecule has 0 aliphatic rings. The van der Waals surface area contributed by atoms with Crippen molar-refractivity contribution in [3.8, 4) is 17.2 Å². The fourth-order valence-corrected chi connectivity index (χ4v) is 2.74. The second kappa shape index (κ2) is 8.17. The monoisotopic (exact) mass is 379 g/mol. The molecule has 1 unspecified atom stereocenters. The Labute approximate surface area is 160 Å². The van der Waals surface area contributed by atoms with Crippen molar-refractivity contribution in [3.05, 3.63) is 71.8 Å². The number of amides is 2. The molecule has 0 saturated carbocycles. The van der Waals surface area contributed by atoms with Gasteiger partial charge in [-0.05, 0) is 5.56 Å². The number of rotatable bonds is 7. The largest absolute Gasteiger partial charge is 0.479 e. The molecule has 0 saturated heterocycles. The number of nitrogens with one attached hydrogen (secondary N) is 1. The van der Waals surface area contributed by atoms with Gasteiger partial charge in [0.15, 0.2) is 5.56 Å². The van der Waals surface area contributed by atoms with Gasteiger partial charge in [0.25, 0.3) is 11.8 Å². The van der Waals surface area contributed by atoms with Gasteiger partial charge in [0.2, 0.25) is 5.78 Å². The van der Waals surface area contributed by atoms with Crippen LogP contribution in [0.3, 0.4) is 0 Å². The fourth-order valence-electron chi connectivity index (χ4n) is 2.74. The van der Waals surface area contributed by atoms with Crippen molar-refractivity contribution in [3.63, 3.8) is 0 Å². The summed E-state index contributed by atoms with van der Waals surface area (Å²) in [6, 6.07) is 16.2. The number of hydrogen-bond acceptors (Lipinski definition) is 6. The van der Waals surface area contributed by atoms with E-state index < -0.39 is 29.6 Å². The topological polar surface area (TPSA) is 136 Å². The Morgan fingerprint density at radius 3 is 2.25 bits per heavy atom. The highest BCUT2D eigenvalue weighted by Gasteiger charge is 2.30. The van der Waals surface area contributed by atoms with Gasteiger partial charge in [-0.1, -0.05) is 65.8 Å². The third kappa shape index (κ3) is 4.07. The van der Waals surface area contributed by atoms with Gasteiger partial charge in [-0.25, -0.2) is 0 Å². The Morgan fingerprint density at radius 1 is 1.04 bits per heavy atom. The van der Waals surface area contributed by atoms with Gasteiger partial charge in [-0.2, -0.15) is 0 Å². The zero-order valence-corrected chi connectivity index (χ0v) is 14.7. The molecule has 4 N–H and O–H groups in total. The highest BCUT2D eigenvalue weighted by atomic mass is 16.5. The van der Waals surface area contributed by atoms with Crippen molar-refractivity contribution in [1.29, 1.82) is 0 Å². The van der Waals surface area contributed by atoms with Crippen LogP contribution in [-0.4, -0.2) is 33.9 Å². The first kappa shape index (κ1) is 18.8. The minimum Gasteiger partial charge on any atom is -0.479 e. The number of benzene rings is 2. The van der Waals surface area contributed by atoms with Crippen LogP contribution in [0.1, 0.15) is 15.9 Å². The van der Waals surface area contributed by atoms with E-state index in [1.807, 2.05) is 0 Å². The molecule has 1 heterocycles. The Morgan fingerprint density at radius 2 is 1.64 bits per heavy atom. The van der Waals surface area contributed by atoms with Crippen LogP contribution in [0.15, 0.2) is 65.2 Å². The van der Waals surface area contributed by atoms with Crippen molar-refractivity contribution in [2.45, 2.75) is 12.5 Å². The third-order valence-electron chi connectivity index (χ3n) is 4.10. The number of Topliss-reactive ketones (excluding diaryl/α,β-unsaturated/α-hetero) is 1. The van der Waals surface area contributed by atoms with E-state index in [1.165, 1.54) is 0 Å². The SMILES string of the molecule is NC(=O)C(=O)C(Cc1ccccc1)NC(=O)c1c(-c2ccccc2)noc1O. The van der Waals surface area contributed by atoms with Gasteiger partial charge < -0.3 is 20.7 Å². The standard InChI is InChI=1S/C20H17N3O5/c21-18(25)17(24)14(11-12-7-3-1-4-8-12)22-19(26)15-16(23-28-20(15)27)13-9-5-2-6-10-13/h1-10,14,27H,11H2,(H2,21,25)(H,22,26). The minimum absolute atomic E-state index is 0.0566. The maximum absolute atomic E-state index is 12.8. The summed E-state index contributed by atoms with van der Waals surface area (Å²) in [7, 11) is 0. The van der Waals surface area contributed by atoms with Gasteiger partial charge in [0.1, 0.15) is 11.7 Å². The lowest BCUT2D eigenvalue weighted by Crippen LogP contribution is -2.47. The first-order chi connectivity index (χ1) is 13.5. The number of ketones is 1. The molecule has 3 aromatic rings. The van der Waals surface area contributed by atoms with Crippen molar-refractivity contribution in [2.24, 2.45) is 5.73 Å². The van der Waals surface area contributed by atoms with E-state index in [0.717, 1.165) is 5.56 Å². The normalized spacial score (nSPS) is 11.6. The van der Waals surface area contributed by atoms with Crippen molar-refractivity contribution < 1.29 is 24.0 Å². The molecule has 142 valence electrons. The van der Waals surface area contributed by atoms with Gasteiger partial charge in [-0.3, -0.25) is 14.4 Å². The van der Waals surface area contributed by atoms with E-state index in [-0.39, 0.29) is 17.7 Å². The van der Waals surface area contributed by atoms with E-state index >= 15 is 0 Å². The van der Waals surface area contributed by atoms with Crippen LogP contribution in [0.25, 0.3) is 11.3 Å². The van der Waals surface area contributed by atoms with Gasteiger partial charge in [0, 0.05) is 12.0 Å². The number of aromatic hydroxyl groups is 1. The molecule has 0 spiro atoms. The number of carbonyl (C=O) groups excluding carboxylic acids is 3. The van der Waals surface area contributed by atoms with E-state index in [9.17, 15) is 19.5 Å². The lowest BCUT2D eigenvalue weighted by molar-refractivity contribution is -0.137. The van der Waals surface area contributed by atoms with Crippen LogP contribution in [0.4, 0.5) is 0 Å². The highest BCUT2D eigenvalue weighted by Crippen LogP contribution is 2.29. The lowest BCUT2D eigenvalue weighted by atomic mass is 10.0. The molecule has 3 rings (SSSR count). The zero-order valence-electron chi connectivity index (χ0n) is 14.7. The van der Waals surface area contributed by atoms with Gasteiger partial charge in [0.05, 0.1) is 0 Å². The van der Waals surface area contributed by atoms with Crippen LogP contribution in [-0.2, 0) is 16.0 Å². The van der Waals surface area contributed by atoms with Crippen LogP contribution in [0.2, 0.25) is 0 Å². The zero-order chi connectivity index (χ0) is 20.1. The Bertz CT molecular complexity index is 999. The number of aromatic nitrogens is 1. The summed E-state index contributed by atoms with van der Waals surface area (Å²) in [6.07, 6.45) is 0.0566. The number of hydrogen-bond donors (Lipinski definition) is 3. The predicted octanol–water partition coefficient (Wildman–Crippen LogP) is 1.44. The lowest BCUT2D eigenvalue weighted by Gasteiger charge is -2.16. The Balaban J connectivity index is 1.89. The quantitative estimate of drug-likeness (QED) is 0.532. The predicted molar refractivity (Wildman–Crippen MR) is 99.2 cm³/mol. The maximum Gasteiger partial charge on any atom is 0.322 e. The molecule has 1 atom stereocenters. The molecule has 8 heteroatoms. The molecule has 0 radical (unpaired) electrons. The molecule has 28 heavy (non-hydrogen) atoms. The summed E-state index contributed by atoms with van der Waals surface area (Å²) in [5.74, 6) is -3.62. The van der Waals surface area contributed by atoms with Crippen LogP contribution in [0, 0.1) is 0 Å². The third-order valence-corrected chi connectivity index (χ3v) is 4.10. The van der Waals surface area contributed by atoms with Crippen LogP contribution in [0.5, 0.6) is 5.95 Å². The Kier molecular flexibility index (Phi) is 5.50. The van der Waals surface area contributed by atoms with E-state index in [0.29, 0.717) is 5.56 Å². The average molecular weight is 379 g/mol. The number of primary amides is 1. The Hall–Kier alpha value is -3.94. The van der Waals surface area contributed by atoms with E-state index in [1.54, 1.807) is 60.7 Å². The second-order valence-electron chi connectivity index (χ2n) is 6.02. The number of carbonyl (C=O) groups is 3. The molecule has 2 aromatic carbocycles. The van der Waals surface area contributed by atoms with Crippen molar-refractivity contribution in [1.82, 2.24) is 10.5 Å². The first-order valence-corrected chi connectivity index (χ1v) is 8.40. The minimum atomic E-state index is -1.20. The molecule has 0 aliphatic carbocycles. The smallest absolute Gasteiger partial charge is 0.322 e. The summed E-state index contributed by atoms with van der Waals surface area (Å²) >= 11 is 0. The van der Waals surface area contributed by atoms with Crippen LogP contribution < -0.4 is 11.1 Å².